The summed E-state index contributed by atoms with van der Waals surface area (Å²) in [6.07, 6.45) is 0. The zero-order valence-electron chi connectivity index (χ0n) is 10.2. The molecule has 3 aromatic rings. The summed E-state index contributed by atoms with van der Waals surface area (Å²) in [5.41, 5.74) is 2.12. The molecule has 0 N–H and O–H groups in total. The van der Waals surface area contributed by atoms with Gasteiger partial charge in [-0.05, 0) is 24.3 Å². The van der Waals surface area contributed by atoms with Crippen LogP contribution in [0.1, 0.15) is 0 Å². The van der Waals surface area contributed by atoms with E-state index in [1.165, 1.54) is 0 Å². The summed E-state index contributed by atoms with van der Waals surface area (Å²) >= 11 is 0. The summed E-state index contributed by atoms with van der Waals surface area (Å²) in [4.78, 5) is 0. The first kappa shape index (κ1) is 11.1. The fraction of sp³-hybridized carbons (Fsp3) is 0.200. The molecular weight excluding hydrogens is 229 g/mol. The maximum atomic E-state index is 12.7. The summed E-state index contributed by atoms with van der Waals surface area (Å²) in [5.74, 6) is 0.825. The minimum absolute atomic E-state index is 0.361. The van der Waals surface area contributed by atoms with Gasteiger partial charge >= 0.3 is 0 Å². The summed E-state index contributed by atoms with van der Waals surface area (Å²) in [6, 6.07) is 14.0. The number of alkyl halides is 1. The highest BCUT2D eigenvalue weighted by Gasteiger charge is 2.10. The molecule has 0 fully saturated rings. The third kappa shape index (κ3) is 1.55. The van der Waals surface area contributed by atoms with Gasteiger partial charge in [-0.2, -0.15) is 0 Å². The van der Waals surface area contributed by atoms with E-state index in [-0.39, 0.29) is 6.67 Å². The van der Waals surface area contributed by atoms with Crippen molar-refractivity contribution in [3.05, 3.63) is 42.5 Å². The quantitative estimate of drug-likeness (QED) is 0.683. The molecule has 92 valence electrons. The molecule has 0 bridgehead atoms. The van der Waals surface area contributed by atoms with E-state index in [1.807, 2.05) is 41.0 Å². The van der Waals surface area contributed by atoms with Gasteiger partial charge in [0.1, 0.15) is 12.4 Å². The average molecular weight is 243 g/mol. The second kappa shape index (κ2) is 4.33. The smallest absolute Gasteiger partial charge is 0.119 e. The van der Waals surface area contributed by atoms with E-state index in [0.29, 0.717) is 6.54 Å². The molecular formula is C15H14FNO. The SMILES string of the molecule is COc1ccc2c(c1)c1ccccc1n2CCF. The van der Waals surface area contributed by atoms with Crippen molar-refractivity contribution >= 4 is 21.8 Å². The van der Waals surface area contributed by atoms with Crippen molar-refractivity contribution in [1.82, 2.24) is 4.57 Å². The maximum absolute atomic E-state index is 12.7. The molecule has 2 nitrogen and oxygen atoms in total. The van der Waals surface area contributed by atoms with Crippen LogP contribution in [0.2, 0.25) is 0 Å². The minimum Gasteiger partial charge on any atom is -0.497 e. The Kier molecular flexibility index (Phi) is 2.67. The monoisotopic (exact) mass is 243 g/mol. The minimum atomic E-state index is -0.361. The second-order valence-corrected chi connectivity index (χ2v) is 4.24. The molecule has 0 aliphatic carbocycles. The normalized spacial score (nSPS) is 11.2. The molecule has 0 unspecified atom stereocenters. The molecule has 0 atom stereocenters. The second-order valence-electron chi connectivity index (χ2n) is 4.24. The third-order valence-electron chi connectivity index (χ3n) is 3.29. The number of para-hydroxylation sites is 1. The predicted octanol–water partition coefficient (Wildman–Crippen LogP) is 3.77. The highest BCUT2D eigenvalue weighted by molar-refractivity contribution is 6.08. The summed E-state index contributed by atoms with van der Waals surface area (Å²) in [5, 5.41) is 2.25. The van der Waals surface area contributed by atoms with Crippen molar-refractivity contribution in [3.63, 3.8) is 0 Å². The van der Waals surface area contributed by atoms with E-state index in [2.05, 4.69) is 6.07 Å². The van der Waals surface area contributed by atoms with Gasteiger partial charge in [0.05, 0.1) is 13.7 Å². The number of hydrogen-bond donors (Lipinski definition) is 0. The molecule has 0 aliphatic rings. The predicted molar refractivity (Wildman–Crippen MR) is 72.0 cm³/mol. The number of hydrogen-bond acceptors (Lipinski definition) is 1. The van der Waals surface area contributed by atoms with Gasteiger partial charge in [-0.1, -0.05) is 18.2 Å². The topological polar surface area (TPSA) is 14.2 Å². The molecule has 0 amide bonds. The van der Waals surface area contributed by atoms with Crippen LogP contribution in [0.5, 0.6) is 5.75 Å². The van der Waals surface area contributed by atoms with Crippen molar-refractivity contribution in [2.45, 2.75) is 6.54 Å². The summed E-state index contributed by atoms with van der Waals surface area (Å²) in [7, 11) is 1.65. The van der Waals surface area contributed by atoms with Gasteiger partial charge in [-0.3, -0.25) is 0 Å². The van der Waals surface area contributed by atoms with Gasteiger partial charge in [-0.15, -0.1) is 0 Å². The Hall–Kier alpha value is -2.03. The third-order valence-corrected chi connectivity index (χ3v) is 3.29. The Balaban J connectivity index is 2.41. The lowest BCUT2D eigenvalue weighted by Crippen LogP contribution is -1.98. The van der Waals surface area contributed by atoms with Crippen molar-refractivity contribution in [2.75, 3.05) is 13.8 Å². The maximum Gasteiger partial charge on any atom is 0.119 e. The summed E-state index contributed by atoms with van der Waals surface area (Å²) in [6.45, 7) is 0.0240. The van der Waals surface area contributed by atoms with Gasteiger partial charge in [0.2, 0.25) is 0 Å². The fourth-order valence-corrected chi connectivity index (χ4v) is 2.49. The number of benzene rings is 2. The van der Waals surface area contributed by atoms with Gasteiger partial charge in [0, 0.05) is 21.8 Å². The van der Waals surface area contributed by atoms with E-state index >= 15 is 0 Å². The number of aryl methyl sites for hydroxylation is 1. The first-order chi connectivity index (χ1) is 8.85. The molecule has 0 radical (unpaired) electrons. The van der Waals surface area contributed by atoms with E-state index in [1.54, 1.807) is 7.11 Å². The van der Waals surface area contributed by atoms with E-state index in [9.17, 15) is 4.39 Å². The molecule has 2 aromatic carbocycles. The summed E-state index contributed by atoms with van der Waals surface area (Å²) < 4.78 is 20.0. The number of methoxy groups -OCH3 is 1. The number of rotatable bonds is 3. The molecule has 3 heteroatoms. The molecule has 18 heavy (non-hydrogen) atoms. The number of fused-ring (bicyclic) bond motifs is 3. The molecule has 1 aromatic heterocycles. The zero-order valence-corrected chi connectivity index (χ0v) is 10.2. The van der Waals surface area contributed by atoms with Gasteiger partial charge < -0.3 is 9.30 Å². The lowest BCUT2D eigenvalue weighted by atomic mass is 10.1. The lowest BCUT2D eigenvalue weighted by Gasteiger charge is -2.04. The van der Waals surface area contributed by atoms with E-state index in [4.69, 9.17) is 4.74 Å². The molecule has 0 aliphatic heterocycles. The lowest BCUT2D eigenvalue weighted by molar-refractivity contribution is 0.415. The first-order valence-corrected chi connectivity index (χ1v) is 5.96. The van der Waals surface area contributed by atoms with Crippen LogP contribution < -0.4 is 4.74 Å². The van der Waals surface area contributed by atoms with Gasteiger partial charge in [0.15, 0.2) is 0 Å². The van der Waals surface area contributed by atoms with Crippen LogP contribution in [0.15, 0.2) is 42.5 Å². The van der Waals surface area contributed by atoms with Crippen LogP contribution >= 0.6 is 0 Å². The Morgan fingerprint density at radius 3 is 2.61 bits per heavy atom. The number of ether oxygens (including phenoxy) is 1. The van der Waals surface area contributed by atoms with Gasteiger partial charge in [-0.25, -0.2) is 4.39 Å². The average Bonchev–Trinajstić information content (AvgIpc) is 2.74. The molecule has 0 saturated carbocycles. The number of halogens is 1. The number of nitrogens with zero attached hydrogens (tertiary/aromatic N) is 1. The van der Waals surface area contributed by atoms with E-state index < -0.39 is 0 Å². The van der Waals surface area contributed by atoms with Crippen LogP contribution in [-0.4, -0.2) is 18.4 Å². The molecule has 0 saturated heterocycles. The first-order valence-electron chi connectivity index (χ1n) is 5.96. The molecule has 1 heterocycles. The van der Waals surface area contributed by atoms with Crippen molar-refractivity contribution in [2.24, 2.45) is 0 Å². The van der Waals surface area contributed by atoms with Crippen molar-refractivity contribution in [1.29, 1.82) is 0 Å². The van der Waals surface area contributed by atoms with Crippen LogP contribution in [0, 0.1) is 0 Å². The van der Waals surface area contributed by atoms with Crippen molar-refractivity contribution < 1.29 is 9.13 Å². The van der Waals surface area contributed by atoms with Crippen LogP contribution in [0.4, 0.5) is 4.39 Å². The van der Waals surface area contributed by atoms with Crippen LogP contribution in [-0.2, 0) is 6.54 Å². The Labute approximate surface area is 105 Å². The zero-order chi connectivity index (χ0) is 12.5. The Morgan fingerprint density at radius 1 is 1.06 bits per heavy atom. The molecule has 0 spiro atoms. The van der Waals surface area contributed by atoms with Gasteiger partial charge in [0.25, 0.3) is 0 Å². The Morgan fingerprint density at radius 2 is 1.83 bits per heavy atom. The van der Waals surface area contributed by atoms with Crippen LogP contribution in [0.3, 0.4) is 0 Å². The fourth-order valence-electron chi connectivity index (χ4n) is 2.49. The highest BCUT2D eigenvalue weighted by Crippen LogP contribution is 2.31. The largest absolute Gasteiger partial charge is 0.497 e. The molecule has 3 rings (SSSR count). The van der Waals surface area contributed by atoms with Crippen molar-refractivity contribution in [3.8, 4) is 5.75 Å². The van der Waals surface area contributed by atoms with E-state index in [0.717, 1.165) is 27.6 Å². The highest BCUT2D eigenvalue weighted by atomic mass is 19.1. The van der Waals surface area contributed by atoms with Crippen LogP contribution in [0.25, 0.3) is 21.8 Å². The number of aromatic nitrogens is 1. The Bertz CT molecular complexity index is 702. The standard InChI is InChI=1S/C15H14FNO/c1-18-11-6-7-15-13(10-11)12-4-2-3-5-14(12)17(15)9-8-16/h2-7,10H,8-9H2,1H3.